The number of hydrogen-bond acceptors (Lipinski definition) is 3. The fourth-order valence-corrected chi connectivity index (χ4v) is 4.03. The molecule has 116 valence electrons. The van der Waals surface area contributed by atoms with Gasteiger partial charge in [-0.2, -0.15) is 0 Å². The maximum absolute atomic E-state index is 6.09. The Morgan fingerprint density at radius 1 is 0.952 bits per heavy atom. The Morgan fingerprint density at radius 3 is 2.05 bits per heavy atom. The zero-order chi connectivity index (χ0) is 15.2. The third kappa shape index (κ3) is 3.25. The van der Waals surface area contributed by atoms with E-state index in [0.29, 0.717) is 23.1 Å². The predicted molar refractivity (Wildman–Crippen MR) is 90.3 cm³/mol. The summed E-state index contributed by atoms with van der Waals surface area (Å²) in [6, 6.07) is 0. The van der Waals surface area contributed by atoms with Gasteiger partial charge in [0.05, 0.1) is 10.2 Å². The molecule has 2 saturated carbocycles. The predicted octanol–water partition coefficient (Wildman–Crippen LogP) is 5.02. The van der Waals surface area contributed by atoms with Gasteiger partial charge in [-0.1, -0.05) is 20.8 Å². The first-order valence-electron chi connectivity index (χ1n) is 8.19. The number of nitrogen functional groups attached to an aromatic ring is 1. The summed E-state index contributed by atoms with van der Waals surface area (Å²) < 4.78 is 0.928. The van der Waals surface area contributed by atoms with Crippen LogP contribution in [-0.4, -0.2) is 9.97 Å². The maximum Gasteiger partial charge on any atom is 0.141 e. The second kappa shape index (κ2) is 5.53. The van der Waals surface area contributed by atoms with E-state index in [2.05, 4.69) is 41.7 Å². The Kier molecular flexibility index (Phi) is 4.02. The number of nitrogens with two attached hydrogens (primary N) is 1. The first kappa shape index (κ1) is 15.3. The summed E-state index contributed by atoms with van der Waals surface area (Å²) in [6.45, 7) is 7.08. The maximum atomic E-state index is 6.09. The van der Waals surface area contributed by atoms with Gasteiger partial charge in [0.1, 0.15) is 11.6 Å². The Hall–Kier alpha value is -0.640. The van der Waals surface area contributed by atoms with Gasteiger partial charge in [0.15, 0.2) is 0 Å². The zero-order valence-electron chi connectivity index (χ0n) is 13.3. The lowest BCUT2D eigenvalue weighted by atomic mass is 9.69. The molecule has 0 bridgehead atoms. The molecule has 1 heterocycles. The molecule has 2 aliphatic carbocycles. The summed E-state index contributed by atoms with van der Waals surface area (Å²) in [5, 5.41) is 0. The van der Waals surface area contributed by atoms with Gasteiger partial charge in [-0.15, -0.1) is 0 Å². The number of nitrogens with zero attached hydrogens (tertiary/aromatic N) is 2. The van der Waals surface area contributed by atoms with Crippen LogP contribution in [0.1, 0.15) is 82.7 Å². The average molecular weight is 352 g/mol. The van der Waals surface area contributed by atoms with Crippen LogP contribution in [0.3, 0.4) is 0 Å². The third-order valence-electron chi connectivity index (χ3n) is 5.20. The van der Waals surface area contributed by atoms with Crippen LogP contribution >= 0.6 is 15.9 Å². The first-order chi connectivity index (χ1) is 9.86. The fraction of sp³-hybridized carbons (Fsp3) is 0.765. The highest BCUT2D eigenvalue weighted by Crippen LogP contribution is 2.46. The quantitative estimate of drug-likeness (QED) is 0.813. The molecule has 1 aromatic heterocycles. The normalized spacial score (nSPS) is 26.9. The second-order valence-electron chi connectivity index (χ2n) is 7.86. The fourth-order valence-electron chi connectivity index (χ4n) is 3.53. The molecule has 0 aliphatic heterocycles. The highest BCUT2D eigenvalue weighted by molar-refractivity contribution is 9.10. The molecule has 3 rings (SSSR count). The summed E-state index contributed by atoms with van der Waals surface area (Å²) in [6.07, 6.45) is 7.45. The van der Waals surface area contributed by atoms with Crippen molar-refractivity contribution in [3.63, 3.8) is 0 Å². The summed E-state index contributed by atoms with van der Waals surface area (Å²) >= 11 is 3.56. The largest absolute Gasteiger partial charge is 0.383 e. The molecule has 21 heavy (non-hydrogen) atoms. The first-order valence-corrected chi connectivity index (χ1v) is 8.98. The van der Waals surface area contributed by atoms with Crippen LogP contribution < -0.4 is 5.73 Å². The van der Waals surface area contributed by atoms with Crippen molar-refractivity contribution in [1.29, 1.82) is 0 Å². The molecule has 1 aromatic rings. The van der Waals surface area contributed by atoms with Crippen molar-refractivity contribution in [2.24, 2.45) is 11.3 Å². The van der Waals surface area contributed by atoms with Gasteiger partial charge in [-0.3, -0.25) is 0 Å². The van der Waals surface area contributed by atoms with E-state index in [-0.39, 0.29) is 0 Å². The van der Waals surface area contributed by atoms with E-state index in [4.69, 9.17) is 10.7 Å². The van der Waals surface area contributed by atoms with Gasteiger partial charge >= 0.3 is 0 Å². The molecule has 3 nitrogen and oxygen atoms in total. The number of anilines is 1. The molecule has 0 atom stereocenters. The molecule has 0 amide bonds. The molecule has 0 unspecified atom stereocenters. The van der Waals surface area contributed by atoms with Crippen LogP contribution in [0.4, 0.5) is 5.82 Å². The highest BCUT2D eigenvalue weighted by atomic mass is 79.9. The lowest BCUT2D eigenvalue weighted by Crippen LogP contribution is -2.26. The van der Waals surface area contributed by atoms with Gasteiger partial charge in [0.25, 0.3) is 0 Å². The Morgan fingerprint density at radius 2 is 1.52 bits per heavy atom. The standard InChI is InChI=1S/C17H26BrN3/c1-17(2,3)12-8-6-11(7-9-12)16-20-14(10-4-5-10)13(18)15(19)21-16/h10-12H,4-9H2,1-3H3,(H2,19,20,21). The molecule has 0 saturated heterocycles. The minimum absolute atomic E-state index is 0.420. The minimum atomic E-state index is 0.420. The molecular weight excluding hydrogens is 326 g/mol. The Balaban J connectivity index is 1.76. The van der Waals surface area contributed by atoms with Crippen LogP contribution in [-0.2, 0) is 0 Å². The highest BCUT2D eigenvalue weighted by Gasteiger charge is 2.33. The summed E-state index contributed by atoms with van der Waals surface area (Å²) in [4.78, 5) is 9.44. The zero-order valence-corrected chi connectivity index (χ0v) is 14.9. The van der Waals surface area contributed by atoms with Crippen molar-refractivity contribution in [2.75, 3.05) is 5.73 Å². The van der Waals surface area contributed by atoms with Gasteiger partial charge < -0.3 is 5.73 Å². The van der Waals surface area contributed by atoms with Crippen molar-refractivity contribution in [1.82, 2.24) is 9.97 Å². The van der Waals surface area contributed by atoms with Crippen molar-refractivity contribution < 1.29 is 0 Å². The second-order valence-corrected chi connectivity index (χ2v) is 8.65. The lowest BCUT2D eigenvalue weighted by Gasteiger charge is -2.36. The molecule has 0 spiro atoms. The lowest BCUT2D eigenvalue weighted by molar-refractivity contribution is 0.167. The van der Waals surface area contributed by atoms with E-state index < -0.39 is 0 Å². The monoisotopic (exact) mass is 351 g/mol. The van der Waals surface area contributed by atoms with Crippen LogP contribution in [0.25, 0.3) is 0 Å². The Bertz CT molecular complexity index is 524. The van der Waals surface area contributed by atoms with E-state index in [1.54, 1.807) is 0 Å². The summed E-state index contributed by atoms with van der Waals surface area (Å²) in [5.41, 5.74) is 7.66. The van der Waals surface area contributed by atoms with Gasteiger partial charge in [-0.25, -0.2) is 9.97 Å². The topological polar surface area (TPSA) is 51.8 Å². The van der Waals surface area contributed by atoms with E-state index >= 15 is 0 Å². The smallest absolute Gasteiger partial charge is 0.141 e. The summed E-state index contributed by atoms with van der Waals surface area (Å²) in [5.74, 6) is 3.54. The molecule has 0 radical (unpaired) electrons. The average Bonchev–Trinajstić information content (AvgIpc) is 3.25. The summed E-state index contributed by atoms with van der Waals surface area (Å²) in [7, 11) is 0. The van der Waals surface area contributed by atoms with Gasteiger partial charge in [0, 0.05) is 11.8 Å². The number of hydrogen-bond donors (Lipinski definition) is 1. The number of halogens is 1. The van der Waals surface area contributed by atoms with Gasteiger partial charge in [0.2, 0.25) is 0 Å². The van der Waals surface area contributed by atoms with Gasteiger partial charge in [-0.05, 0) is 65.8 Å². The molecule has 2 N–H and O–H groups in total. The molecule has 2 fully saturated rings. The minimum Gasteiger partial charge on any atom is -0.383 e. The molecule has 0 aromatic carbocycles. The molecule has 2 aliphatic rings. The molecular formula is C17H26BrN3. The van der Waals surface area contributed by atoms with Crippen LogP contribution in [0.2, 0.25) is 0 Å². The van der Waals surface area contributed by atoms with Crippen molar-refractivity contribution in [3.05, 3.63) is 16.0 Å². The third-order valence-corrected chi connectivity index (χ3v) is 6.01. The van der Waals surface area contributed by atoms with Crippen molar-refractivity contribution in [3.8, 4) is 0 Å². The SMILES string of the molecule is CC(C)(C)C1CCC(c2nc(N)c(Br)c(C3CC3)n2)CC1. The molecule has 4 heteroatoms. The van der Waals surface area contributed by atoms with Crippen LogP contribution in [0, 0.1) is 11.3 Å². The van der Waals surface area contributed by atoms with E-state index in [1.807, 2.05) is 0 Å². The van der Waals surface area contributed by atoms with E-state index in [1.165, 1.54) is 38.5 Å². The van der Waals surface area contributed by atoms with Crippen LogP contribution in [0.5, 0.6) is 0 Å². The van der Waals surface area contributed by atoms with E-state index in [0.717, 1.165) is 21.9 Å². The van der Waals surface area contributed by atoms with Crippen molar-refractivity contribution in [2.45, 2.75) is 71.1 Å². The Labute approximate surface area is 136 Å². The number of aromatic nitrogens is 2. The van der Waals surface area contributed by atoms with Crippen molar-refractivity contribution >= 4 is 21.7 Å². The number of rotatable bonds is 2. The van der Waals surface area contributed by atoms with E-state index in [9.17, 15) is 0 Å². The van der Waals surface area contributed by atoms with Crippen LogP contribution in [0.15, 0.2) is 4.47 Å².